The molecule has 10 heteroatoms. The van der Waals surface area contributed by atoms with Crippen molar-refractivity contribution in [1.29, 1.82) is 0 Å². The van der Waals surface area contributed by atoms with Gasteiger partial charge < -0.3 is 15.1 Å². The first kappa shape index (κ1) is 24.9. The van der Waals surface area contributed by atoms with E-state index in [4.69, 9.17) is 0 Å². The molecule has 0 aromatic carbocycles. The SMILES string of the molecule is CCCCN(C)C(=NC)NCCS(=O)(=O)N1CCN(c2ccccn2)CC1.I. The van der Waals surface area contributed by atoms with E-state index in [-0.39, 0.29) is 29.7 Å². The predicted octanol–water partition coefficient (Wildman–Crippen LogP) is 1.46. The molecule has 1 aromatic rings. The molecular formula is C18H33IN6O2S. The first-order valence-corrected chi connectivity index (χ1v) is 11.1. The lowest BCUT2D eigenvalue weighted by molar-refractivity contribution is 0.383. The van der Waals surface area contributed by atoms with Crippen LogP contribution in [0.25, 0.3) is 0 Å². The summed E-state index contributed by atoms with van der Waals surface area (Å²) < 4.78 is 26.9. The lowest BCUT2D eigenvalue weighted by Gasteiger charge is -2.34. The molecule has 0 atom stereocenters. The minimum atomic E-state index is -3.29. The number of aromatic nitrogens is 1. The van der Waals surface area contributed by atoms with Gasteiger partial charge in [0.1, 0.15) is 5.82 Å². The first-order chi connectivity index (χ1) is 13.0. The van der Waals surface area contributed by atoms with Crippen molar-refractivity contribution in [3.63, 3.8) is 0 Å². The molecule has 1 saturated heterocycles. The highest BCUT2D eigenvalue weighted by Crippen LogP contribution is 2.14. The number of halogens is 1. The third-order valence-corrected chi connectivity index (χ3v) is 6.54. The lowest BCUT2D eigenvalue weighted by Crippen LogP contribution is -2.50. The van der Waals surface area contributed by atoms with Gasteiger partial charge in [-0.15, -0.1) is 24.0 Å². The number of nitrogens with one attached hydrogen (secondary N) is 1. The average Bonchev–Trinajstić information content (AvgIpc) is 2.70. The fourth-order valence-electron chi connectivity index (χ4n) is 3.04. The zero-order chi connectivity index (χ0) is 19.7. The van der Waals surface area contributed by atoms with Crippen LogP contribution < -0.4 is 10.2 Å². The van der Waals surface area contributed by atoms with Gasteiger partial charge in [-0.2, -0.15) is 4.31 Å². The summed E-state index contributed by atoms with van der Waals surface area (Å²) >= 11 is 0. The molecule has 1 aromatic heterocycles. The number of pyridine rings is 1. The number of aliphatic imine (C=N–C) groups is 1. The normalized spacial score (nSPS) is 15.8. The Hall–Kier alpha value is -1.14. The Balaban J connectivity index is 0.00000392. The number of nitrogens with zero attached hydrogens (tertiary/aromatic N) is 5. The average molecular weight is 524 g/mol. The molecule has 1 aliphatic heterocycles. The summed E-state index contributed by atoms with van der Waals surface area (Å²) in [6.07, 6.45) is 3.95. The summed E-state index contributed by atoms with van der Waals surface area (Å²) in [4.78, 5) is 12.7. The van der Waals surface area contributed by atoms with Crippen LogP contribution in [0.5, 0.6) is 0 Å². The fourth-order valence-corrected chi connectivity index (χ4v) is 4.38. The third-order valence-electron chi connectivity index (χ3n) is 4.67. The monoisotopic (exact) mass is 524 g/mol. The van der Waals surface area contributed by atoms with Gasteiger partial charge >= 0.3 is 0 Å². The number of unbranched alkanes of at least 4 members (excludes halogenated alkanes) is 1. The number of guanidine groups is 1. The van der Waals surface area contributed by atoms with Gasteiger partial charge in [-0.1, -0.05) is 19.4 Å². The Labute approximate surface area is 186 Å². The maximum atomic E-state index is 12.6. The second kappa shape index (κ2) is 12.4. The molecule has 1 aliphatic rings. The van der Waals surface area contributed by atoms with Crippen LogP contribution in [0.3, 0.4) is 0 Å². The molecule has 0 radical (unpaired) electrons. The third kappa shape index (κ3) is 7.36. The van der Waals surface area contributed by atoms with E-state index in [1.165, 1.54) is 0 Å². The van der Waals surface area contributed by atoms with Gasteiger partial charge in [0.25, 0.3) is 0 Å². The quantitative estimate of drug-likeness (QED) is 0.315. The molecule has 1 N–H and O–H groups in total. The van der Waals surface area contributed by atoms with Gasteiger partial charge in [-0.25, -0.2) is 13.4 Å². The lowest BCUT2D eigenvalue weighted by atomic mass is 10.3. The number of hydrogen-bond acceptors (Lipinski definition) is 5. The molecule has 8 nitrogen and oxygen atoms in total. The van der Waals surface area contributed by atoms with E-state index in [9.17, 15) is 8.42 Å². The van der Waals surface area contributed by atoms with Crippen molar-refractivity contribution in [3.05, 3.63) is 24.4 Å². The molecule has 0 saturated carbocycles. The number of rotatable bonds is 8. The highest BCUT2D eigenvalue weighted by molar-refractivity contribution is 14.0. The van der Waals surface area contributed by atoms with Crippen LogP contribution in [-0.2, 0) is 10.0 Å². The van der Waals surface area contributed by atoms with E-state index in [0.717, 1.165) is 31.2 Å². The summed E-state index contributed by atoms with van der Waals surface area (Å²) in [5.41, 5.74) is 0. The van der Waals surface area contributed by atoms with Crippen LogP contribution in [0.2, 0.25) is 0 Å². The van der Waals surface area contributed by atoms with Crippen molar-refractivity contribution >= 4 is 45.8 Å². The molecule has 28 heavy (non-hydrogen) atoms. The van der Waals surface area contributed by atoms with Crippen LogP contribution in [-0.4, -0.2) is 87.7 Å². The molecule has 2 rings (SSSR count). The Bertz CT molecular complexity index is 693. The second-order valence-electron chi connectivity index (χ2n) is 6.64. The van der Waals surface area contributed by atoms with Crippen molar-refractivity contribution in [2.24, 2.45) is 4.99 Å². The maximum Gasteiger partial charge on any atom is 0.215 e. The number of sulfonamides is 1. The predicted molar refractivity (Wildman–Crippen MR) is 126 cm³/mol. The van der Waals surface area contributed by atoms with E-state index >= 15 is 0 Å². The van der Waals surface area contributed by atoms with Crippen molar-refractivity contribution < 1.29 is 8.42 Å². The first-order valence-electron chi connectivity index (χ1n) is 9.53. The van der Waals surface area contributed by atoms with Gasteiger partial charge in [-0.3, -0.25) is 4.99 Å². The maximum absolute atomic E-state index is 12.6. The Kier molecular flexibility index (Phi) is 11.1. The van der Waals surface area contributed by atoms with E-state index in [1.807, 2.05) is 30.1 Å². The molecule has 0 amide bonds. The standard InChI is InChI=1S/C18H32N6O2S.HI/c1-4-5-11-22(3)18(19-2)21-10-16-27(25,26)24-14-12-23(13-15-24)17-8-6-7-9-20-17;/h6-9H,4-5,10-16H2,1-3H3,(H,19,21);1H. The largest absolute Gasteiger partial charge is 0.355 e. The number of anilines is 1. The Morgan fingerprint density at radius 2 is 2.00 bits per heavy atom. The van der Waals surface area contributed by atoms with Crippen LogP contribution in [0.1, 0.15) is 19.8 Å². The van der Waals surface area contributed by atoms with E-state index < -0.39 is 10.0 Å². The summed E-state index contributed by atoms with van der Waals surface area (Å²) in [5.74, 6) is 1.70. The van der Waals surface area contributed by atoms with Crippen molar-refractivity contribution in [2.45, 2.75) is 19.8 Å². The molecular weight excluding hydrogens is 491 g/mol. The number of piperazine rings is 1. The highest BCUT2D eigenvalue weighted by atomic mass is 127. The molecule has 160 valence electrons. The van der Waals surface area contributed by atoms with Crippen molar-refractivity contribution in [1.82, 2.24) is 19.5 Å². The molecule has 0 bridgehead atoms. The summed E-state index contributed by atoms with van der Waals surface area (Å²) in [7, 11) is 0.402. The zero-order valence-electron chi connectivity index (χ0n) is 17.0. The molecule has 1 fully saturated rings. The van der Waals surface area contributed by atoms with Crippen LogP contribution in [0.15, 0.2) is 29.4 Å². The van der Waals surface area contributed by atoms with Gasteiger partial charge in [0.15, 0.2) is 5.96 Å². The fraction of sp³-hybridized carbons (Fsp3) is 0.667. The van der Waals surface area contributed by atoms with Crippen molar-refractivity contribution in [2.75, 3.05) is 64.0 Å². The van der Waals surface area contributed by atoms with Gasteiger partial charge in [0, 0.05) is 59.6 Å². The topological polar surface area (TPSA) is 81.1 Å². The smallest absolute Gasteiger partial charge is 0.215 e. The van der Waals surface area contributed by atoms with Crippen molar-refractivity contribution in [3.8, 4) is 0 Å². The summed E-state index contributed by atoms with van der Waals surface area (Å²) in [5, 5.41) is 3.16. The molecule has 2 heterocycles. The summed E-state index contributed by atoms with van der Waals surface area (Å²) in [6.45, 7) is 5.69. The second-order valence-corrected chi connectivity index (χ2v) is 8.73. The highest BCUT2D eigenvalue weighted by Gasteiger charge is 2.27. The zero-order valence-corrected chi connectivity index (χ0v) is 20.2. The number of hydrogen-bond donors (Lipinski definition) is 1. The van der Waals surface area contributed by atoms with Crippen LogP contribution in [0.4, 0.5) is 5.82 Å². The molecule has 0 aliphatic carbocycles. The van der Waals surface area contributed by atoms with E-state index in [0.29, 0.717) is 32.7 Å². The van der Waals surface area contributed by atoms with Gasteiger partial charge in [-0.05, 0) is 18.6 Å². The minimum Gasteiger partial charge on any atom is -0.355 e. The summed E-state index contributed by atoms with van der Waals surface area (Å²) in [6, 6.07) is 5.78. The minimum absolute atomic E-state index is 0. The van der Waals surface area contributed by atoms with Gasteiger partial charge in [0.05, 0.1) is 5.75 Å². The van der Waals surface area contributed by atoms with Crippen LogP contribution >= 0.6 is 24.0 Å². The Morgan fingerprint density at radius 1 is 1.29 bits per heavy atom. The Morgan fingerprint density at radius 3 is 2.57 bits per heavy atom. The van der Waals surface area contributed by atoms with Crippen LogP contribution in [0, 0.1) is 0 Å². The van der Waals surface area contributed by atoms with E-state index in [2.05, 4.69) is 27.1 Å². The molecule has 0 unspecified atom stereocenters. The van der Waals surface area contributed by atoms with Gasteiger partial charge in [0.2, 0.25) is 10.0 Å². The van der Waals surface area contributed by atoms with E-state index in [1.54, 1.807) is 17.5 Å². The molecule has 0 spiro atoms.